The summed E-state index contributed by atoms with van der Waals surface area (Å²) in [6, 6.07) is 6.72. The Balaban J connectivity index is 1.74. The van der Waals surface area contributed by atoms with Gasteiger partial charge in [0.25, 0.3) is 5.91 Å². The van der Waals surface area contributed by atoms with Crippen molar-refractivity contribution in [3.05, 3.63) is 53.5 Å². The van der Waals surface area contributed by atoms with Gasteiger partial charge in [-0.3, -0.25) is 9.36 Å². The summed E-state index contributed by atoms with van der Waals surface area (Å²) in [7, 11) is 0. The Morgan fingerprint density at radius 1 is 1.20 bits per heavy atom. The number of nitrogens with zero attached hydrogens (tertiary/aromatic N) is 4. The van der Waals surface area contributed by atoms with Gasteiger partial charge in [-0.25, -0.2) is 4.98 Å². The highest BCUT2D eigenvalue weighted by Crippen LogP contribution is 2.16. The van der Waals surface area contributed by atoms with Crippen LogP contribution < -0.4 is 5.32 Å². The first-order valence-electron chi connectivity index (χ1n) is 5.60. The molecule has 0 spiro atoms. The minimum Gasteiger partial charge on any atom is -0.444 e. The summed E-state index contributed by atoms with van der Waals surface area (Å²) < 4.78 is 7.33. The summed E-state index contributed by atoms with van der Waals surface area (Å²) in [5.74, 6) is 0.544. The lowest BCUT2D eigenvalue weighted by molar-refractivity contribution is 0.0995. The highest BCUT2D eigenvalue weighted by atomic mass is 79.9. The van der Waals surface area contributed by atoms with Crippen LogP contribution >= 0.6 is 15.9 Å². The predicted molar refractivity (Wildman–Crippen MR) is 73.5 cm³/mol. The molecule has 8 heteroatoms. The van der Waals surface area contributed by atoms with Gasteiger partial charge in [0, 0.05) is 0 Å². The summed E-state index contributed by atoms with van der Waals surface area (Å²) in [5.41, 5.74) is 0.569. The number of carbonyl (C=O) groups is 1. The zero-order valence-electron chi connectivity index (χ0n) is 10.0. The average molecular weight is 334 g/mol. The van der Waals surface area contributed by atoms with Crippen LogP contribution in [0.3, 0.4) is 0 Å². The van der Waals surface area contributed by atoms with E-state index in [1.165, 1.54) is 0 Å². The summed E-state index contributed by atoms with van der Waals surface area (Å²) in [6.07, 6.45) is 4.63. The van der Waals surface area contributed by atoms with Gasteiger partial charge in [-0.05, 0) is 40.2 Å². The van der Waals surface area contributed by atoms with Gasteiger partial charge in [-0.1, -0.05) is 0 Å². The van der Waals surface area contributed by atoms with E-state index >= 15 is 0 Å². The van der Waals surface area contributed by atoms with Crippen LogP contribution in [0.25, 0.3) is 5.82 Å². The van der Waals surface area contributed by atoms with Crippen molar-refractivity contribution in [3.63, 3.8) is 0 Å². The molecule has 0 aliphatic rings. The Labute approximate surface area is 121 Å². The van der Waals surface area contributed by atoms with Crippen LogP contribution in [-0.4, -0.2) is 25.7 Å². The molecule has 3 heterocycles. The van der Waals surface area contributed by atoms with E-state index in [1.54, 1.807) is 47.7 Å². The number of furan rings is 1. The van der Waals surface area contributed by atoms with Crippen LogP contribution in [0.5, 0.6) is 0 Å². The van der Waals surface area contributed by atoms with Crippen LogP contribution in [0.4, 0.5) is 5.69 Å². The van der Waals surface area contributed by atoms with E-state index in [4.69, 9.17) is 4.42 Å². The molecule has 3 aromatic heterocycles. The third kappa shape index (κ3) is 2.59. The van der Waals surface area contributed by atoms with E-state index in [9.17, 15) is 4.79 Å². The second-order valence-corrected chi connectivity index (χ2v) is 4.61. The van der Waals surface area contributed by atoms with Gasteiger partial charge in [0.2, 0.25) is 0 Å². The van der Waals surface area contributed by atoms with Crippen LogP contribution in [0, 0.1) is 0 Å². The third-order valence-electron chi connectivity index (χ3n) is 2.49. The lowest BCUT2D eigenvalue weighted by atomic mass is 10.3. The van der Waals surface area contributed by atoms with Crippen LogP contribution in [-0.2, 0) is 0 Å². The molecule has 0 saturated heterocycles. The number of nitrogens with one attached hydrogen (secondary N) is 1. The summed E-state index contributed by atoms with van der Waals surface area (Å²) >= 11 is 3.14. The highest BCUT2D eigenvalue weighted by molar-refractivity contribution is 9.10. The number of halogens is 1. The zero-order valence-corrected chi connectivity index (χ0v) is 11.6. The molecule has 7 nitrogen and oxygen atoms in total. The van der Waals surface area contributed by atoms with E-state index in [0.717, 1.165) is 0 Å². The van der Waals surface area contributed by atoms with Crippen molar-refractivity contribution in [3.8, 4) is 5.82 Å². The second kappa shape index (κ2) is 5.25. The number of anilines is 1. The van der Waals surface area contributed by atoms with E-state index in [-0.39, 0.29) is 11.7 Å². The van der Waals surface area contributed by atoms with Gasteiger partial charge < -0.3 is 9.73 Å². The van der Waals surface area contributed by atoms with Gasteiger partial charge in [0.05, 0.1) is 11.9 Å². The molecule has 0 aliphatic carbocycles. The number of carbonyl (C=O) groups excluding carboxylic acids is 1. The van der Waals surface area contributed by atoms with Crippen LogP contribution in [0.1, 0.15) is 10.6 Å². The maximum atomic E-state index is 11.9. The first kappa shape index (κ1) is 12.5. The lowest BCUT2D eigenvalue weighted by Gasteiger charge is -2.04. The normalized spacial score (nSPS) is 10.4. The predicted octanol–water partition coefficient (Wildman–Crippen LogP) is 2.27. The molecule has 1 N–H and O–H groups in total. The van der Waals surface area contributed by atoms with Crippen molar-refractivity contribution < 1.29 is 9.21 Å². The highest BCUT2D eigenvalue weighted by Gasteiger charge is 2.10. The number of hydrogen-bond donors (Lipinski definition) is 1. The fourth-order valence-corrected chi connectivity index (χ4v) is 1.87. The molecule has 0 unspecified atom stereocenters. The monoisotopic (exact) mass is 333 g/mol. The summed E-state index contributed by atoms with van der Waals surface area (Å²) in [6.45, 7) is 0. The maximum Gasteiger partial charge on any atom is 0.291 e. The largest absolute Gasteiger partial charge is 0.444 e. The standard InChI is InChI=1S/C12H8BrN5O2/c13-10-3-2-9(20-10)12(19)17-8-1-4-11(14-5-8)18-6-15-16-7-18/h1-7H,(H,17,19). The summed E-state index contributed by atoms with van der Waals surface area (Å²) in [4.78, 5) is 16.1. The number of hydrogen-bond acceptors (Lipinski definition) is 5. The topological polar surface area (TPSA) is 85.8 Å². The minimum absolute atomic E-state index is 0.222. The van der Waals surface area contributed by atoms with E-state index in [0.29, 0.717) is 16.2 Å². The van der Waals surface area contributed by atoms with Crippen molar-refractivity contribution >= 4 is 27.5 Å². The van der Waals surface area contributed by atoms with Crippen molar-refractivity contribution in [2.24, 2.45) is 0 Å². The Morgan fingerprint density at radius 3 is 2.60 bits per heavy atom. The molecule has 0 saturated carbocycles. The fraction of sp³-hybridized carbons (Fsp3) is 0. The number of aromatic nitrogens is 4. The second-order valence-electron chi connectivity index (χ2n) is 3.83. The van der Waals surface area contributed by atoms with E-state index in [2.05, 4.69) is 36.4 Å². The average Bonchev–Trinajstić information content (AvgIpc) is 3.10. The van der Waals surface area contributed by atoms with Crippen molar-refractivity contribution in [2.75, 3.05) is 5.32 Å². The molecule has 20 heavy (non-hydrogen) atoms. The molecule has 0 radical (unpaired) electrons. The Kier molecular flexibility index (Phi) is 3.30. The number of rotatable bonds is 3. The van der Waals surface area contributed by atoms with E-state index < -0.39 is 0 Å². The lowest BCUT2D eigenvalue weighted by Crippen LogP contribution is -2.11. The maximum absolute atomic E-state index is 11.9. The van der Waals surface area contributed by atoms with Crippen LogP contribution in [0.15, 0.2) is 52.2 Å². The van der Waals surface area contributed by atoms with Crippen molar-refractivity contribution in [2.45, 2.75) is 0 Å². The molecule has 0 aromatic carbocycles. The Hall–Kier alpha value is -2.48. The van der Waals surface area contributed by atoms with Gasteiger partial charge in [-0.15, -0.1) is 10.2 Å². The van der Waals surface area contributed by atoms with Gasteiger partial charge in [-0.2, -0.15) is 0 Å². The SMILES string of the molecule is O=C(Nc1ccc(-n2cnnc2)nc1)c1ccc(Br)o1. The molecule has 0 aliphatic heterocycles. The molecule has 0 fully saturated rings. The molecule has 3 rings (SSSR count). The number of amides is 1. The van der Waals surface area contributed by atoms with Crippen molar-refractivity contribution in [1.29, 1.82) is 0 Å². The summed E-state index contributed by atoms with van der Waals surface area (Å²) in [5, 5.41) is 10.1. The van der Waals surface area contributed by atoms with Gasteiger partial charge >= 0.3 is 0 Å². The zero-order chi connectivity index (χ0) is 13.9. The Morgan fingerprint density at radius 2 is 2.00 bits per heavy atom. The molecule has 0 atom stereocenters. The third-order valence-corrected chi connectivity index (χ3v) is 2.91. The first-order valence-corrected chi connectivity index (χ1v) is 6.39. The van der Waals surface area contributed by atoms with Gasteiger partial charge in [0.1, 0.15) is 18.5 Å². The van der Waals surface area contributed by atoms with Crippen molar-refractivity contribution in [1.82, 2.24) is 19.7 Å². The molecule has 1 amide bonds. The minimum atomic E-state index is -0.338. The van der Waals surface area contributed by atoms with Gasteiger partial charge in [0.15, 0.2) is 10.4 Å². The molecule has 100 valence electrons. The van der Waals surface area contributed by atoms with E-state index in [1.807, 2.05) is 0 Å². The molecular formula is C12H8BrN5O2. The molecular weight excluding hydrogens is 326 g/mol. The van der Waals surface area contributed by atoms with Crippen LogP contribution in [0.2, 0.25) is 0 Å². The first-order chi connectivity index (χ1) is 9.72. The molecule has 0 bridgehead atoms. The smallest absolute Gasteiger partial charge is 0.291 e. The Bertz CT molecular complexity index is 721. The quantitative estimate of drug-likeness (QED) is 0.794. The number of pyridine rings is 1. The fourth-order valence-electron chi connectivity index (χ4n) is 1.56. The molecule has 3 aromatic rings.